The molecule has 0 bridgehead atoms. The quantitative estimate of drug-likeness (QED) is 0.826. The number of benzene rings is 1. The zero-order valence-corrected chi connectivity index (χ0v) is 12.1. The van der Waals surface area contributed by atoms with E-state index in [0.29, 0.717) is 26.1 Å². The predicted molar refractivity (Wildman–Crippen MR) is 75.5 cm³/mol. The van der Waals surface area contributed by atoms with Crippen LogP contribution in [0.15, 0.2) is 30.3 Å². The Balaban J connectivity index is 1.98. The molecule has 4 nitrogen and oxygen atoms in total. The third-order valence-electron chi connectivity index (χ3n) is 3.26. The highest BCUT2D eigenvalue weighted by atomic mass is 32.2. The van der Waals surface area contributed by atoms with E-state index in [0.717, 1.165) is 6.42 Å². The van der Waals surface area contributed by atoms with Crippen LogP contribution in [-0.4, -0.2) is 44.3 Å². The molecule has 1 aromatic rings. The minimum absolute atomic E-state index is 0.0391. The van der Waals surface area contributed by atoms with Gasteiger partial charge >= 0.3 is 0 Å². The summed E-state index contributed by atoms with van der Waals surface area (Å²) in [6, 6.07) is 10.0. The number of rotatable bonds is 5. The monoisotopic (exact) mass is 283 g/mol. The average molecular weight is 283 g/mol. The molecule has 5 heteroatoms. The summed E-state index contributed by atoms with van der Waals surface area (Å²) in [5.41, 5.74) is 1.18. The second-order valence-electron chi connectivity index (χ2n) is 4.86. The maximum atomic E-state index is 12.1. The molecule has 0 radical (unpaired) electrons. The summed E-state index contributed by atoms with van der Waals surface area (Å²) < 4.78 is 31.4. The van der Waals surface area contributed by atoms with E-state index in [2.05, 4.69) is 0 Å². The van der Waals surface area contributed by atoms with Crippen LogP contribution in [0.5, 0.6) is 0 Å². The molecule has 1 unspecified atom stereocenters. The molecule has 1 saturated heterocycles. The molecule has 0 aromatic heterocycles. The van der Waals surface area contributed by atoms with Crippen molar-refractivity contribution in [3.05, 3.63) is 35.9 Å². The van der Waals surface area contributed by atoms with Crippen molar-refractivity contribution >= 4 is 10.0 Å². The Morgan fingerprint density at radius 2 is 2.05 bits per heavy atom. The topological polar surface area (TPSA) is 46.6 Å². The largest absolute Gasteiger partial charge is 0.375 e. The fraction of sp³-hybridized carbons (Fsp3) is 0.571. The van der Waals surface area contributed by atoms with Crippen LogP contribution >= 0.6 is 0 Å². The number of nitrogens with zero attached hydrogens (tertiary/aromatic N) is 1. The first kappa shape index (κ1) is 14.5. The lowest BCUT2D eigenvalue weighted by molar-refractivity contribution is -0.000479. The highest BCUT2D eigenvalue weighted by Gasteiger charge is 2.28. The predicted octanol–water partition coefficient (Wildman–Crippen LogP) is 1.67. The first-order chi connectivity index (χ1) is 9.12. The first-order valence-corrected chi connectivity index (χ1v) is 8.36. The molecular formula is C14H21NO3S. The molecule has 0 saturated carbocycles. The Morgan fingerprint density at radius 1 is 1.32 bits per heavy atom. The Labute approximate surface area is 115 Å². The minimum atomic E-state index is -3.11. The smallest absolute Gasteiger partial charge is 0.214 e. The molecule has 1 heterocycles. The molecule has 0 N–H and O–H groups in total. The van der Waals surface area contributed by atoms with Gasteiger partial charge in [-0.2, -0.15) is 4.31 Å². The number of hydrogen-bond acceptors (Lipinski definition) is 3. The summed E-state index contributed by atoms with van der Waals surface area (Å²) >= 11 is 0. The highest BCUT2D eigenvalue weighted by molar-refractivity contribution is 7.89. The molecule has 0 spiro atoms. The van der Waals surface area contributed by atoms with Crippen molar-refractivity contribution in [3.63, 3.8) is 0 Å². The van der Waals surface area contributed by atoms with Crippen LogP contribution in [0.3, 0.4) is 0 Å². The summed E-state index contributed by atoms with van der Waals surface area (Å²) in [6.45, 7) is 3.32. The third-order valence-corrected chi connectivity index (χ3v) is 5.31. The average Bonchev–Trinajstić information content (AvgIpc) is 2.40. The van der Waals surface area contributed by atoms with Crippen molar-refractivity contribution in [2.45, 2.75) is 25.9 Å². The lowest BCUT2D eigenvalue weighted by Gasteiger charge is -2.32. The van der Waals surface area contributed by atoms with Gasteiger partial charge in [-0.05, 0) is 18.4 Å². The number of hydrogen-bond donors (Lipinski definition) is 0. The number of ether oxygens (including phenoxy) is 1. The summed E-state index contributed by atoms with van der Waals surface area (Å²) in [6.07, 6.45) is 1.38. The van der Waals surface area contributed by atoms with Crippen molar-refractivity contribution < 1.29 is 13.2 Å². The number of morpholine rings is 1. The lowest BCUT2D eigenvalue weighted by Crippen LogP contribution is -2.47. The van der Waals surface area contributed by atoms with Crippen LogP contribution in [0.4, 0.5) is 0 Å². The van der Waals surface area contributed by atoms with Gasteiger partial charge in [-0.15, -0.1) is 0 Å². The Morgan fingerprint density at radius 3 is 2.74 bits per heavy atom. The zero-order chi connectivity index (χ0) is 13.7. The van der Waals surface area contributed by atoms with Crippen LogP contribution in [0, 0.1) is 0 Å². The zero-order valence-electron chi connectivity index (χ0n) is 11.3. The molecule has 1 atom stereocenters. The molecule has 1 fully saturated rings. The summed E-state index contributed by atoms with van der Waals surface area (Å²) in [5.74, 6) is 0.227. The van der Waals surface area contributed by atoms with E-state index in [9.17, 15) is 8.42 Å². The molecule has 19 heavy (non-hydrogen) atoms. The molecule has 0 amide bonds. The third kappa shape index (κ3) is 4.03. The van der Waals surface area contributed by atoms with Crippen LogP contribution in [0.25, 0.3) is 0 Å². The van der Waals surface area contributed by atoms with Crippen LogP contribution < -0.4 is 0 Å². The molecule has 2 rings (SSSR count). The van der Waals surface area contributed by atoms with Gasteiger partial charge in [-0.1, -0.05) is 37.3 Å². The maximum absolute atomic E-state index is 12.1. The van der Waals surface area contributed by atoms with E-state index >= 15 is 0 Å². The van der Waals surface area contributed by atoms with Gasteiger partial charge in [-0.25, -0.2) is 8.42 Å². The first-order valence-electron chi connectivity index (χ1n) is 6.75. The van der Waals surface area contributed by atoms with E-state index in [-0.39, 0.29) is 11.9 Å². The molecular weight excluding hydrogens is 262 g/mol. The van der Waals surface area contributed by atoms with E-state index < -0.39 is 10.0 Å². The molecule has 106 valence electrons. The van der Waals surface area contributed by atoms with Gasteiger partial charge in [0.1, 0.15) is 0 Å². The molecule has 1 aliphatic heterocycles. The van der Waals surface area contributed by atoms with Crippen molar-refractivity contribution in [3.8, 4) is 0 Å². The van der Waals surface area contributed by atoms with Gasteiger partial charge in [0.15, 0.2) is 0 Å². The summed E-state index contributed by atoms with van der Waals surface area (Å²) in [5, 5.41) is 0. The maximum Gasteiger partial charge on any atom is 0.214 e. The van der Waals surface area contributed by atoms with Gasteiger partial charge in [0.2, 0.25) is 10.0 Å². The fourth-order valence-electron chi connectivity index (χ4n) is 2.33. The Hall–Kier alpha value is -0.910. The summed E-state index contributed by atoms with van der Waals surface area (Å²) in [7, 11) is -3.11. The van der Waals surface area contributed by atoms with Gasteiger partial charge in [-0.3, -0.25) is 0 Å². The van der Waals surface area contributed by atoms with Crippen molar-refractivity contribution in [2.75, 3.05) is 25.4 Å². The van der Waals surface area contributed by atoms with Crippen molar-refractivity contribution in [1.82, 2.24) is 4.31 Å². The van der Waals surface area contributed by atoms with Gasteiger partial charge in [0.05, 0.1) is 18.5 Å². The van der Waals surface area contributed by atoms with E-state index in [4.69, 9.17) is 4.74 Å². The van der Waals surface area contributed by atoms with Gasteiger partial charge in [0, 0.05) is 13.1 Å². The summed E-state index contributed by atoms with van der Waals surface area (Å²) in [4.78, 5) is 0. The molecule has 0 aliphatic carbocycles. The van der Waals surface area contributed by atoms with Gasteiger partial charge in [0.25, 0.3) is 0 Å². The van der Waals surface area contributed by atoms with Gasteiger partial charge < -0.3 is 4.74 Å². The fourth-order valence-corrected chi connectivity index (χ4v) is 3.85. The second kappa shape index (κ2) is 6.50. The van der Waals surface area contributed by atoms with Crippen LogP contribution in [0.2, 0.25) is 0 Å². The Kier molecular flexibility index (Phi) is 4.96. The standard InChI is InChI=1S/C14H21NO3S/c1-2-10-19(16,17)15-8-9-18-14(12-15)11-13-6-4-3-5-7-13/h3-7,14H,2,8-12H2,1H3. The van der Waals surface area contributed by atoms with Crippen molar-refractivity contribution in [1.29, 1.82) is 0 Å². The molecule has 1 aliphatic rings. The van der Waals surface area contributed by atoms with E-state index in [1.54, 1.807) is 4.31 Å². The van der Waals surface area contributed by atoms with Crippen LogP contribution in [-0.2, 0) is 21.2 Å². The van der Waals surface area contributed by atoms with E-state index in [1.165, 1.54) is 5.56 Å². The second-order valence-corrected chi connectivity index (χ2v) is 6.95. The van der Waals surface area contributed by atoms with Crippen molar-refractivity contribution in [2.24, 2.45) is 0 Å². The Bertz CT molecular complexity index is 487. The van der Waals surface area contributed by atoms with Crippen LogP contribution in [0.1, 0.15) is 18.9 Å². The number of sulfonamides is 1. The normalized spacial score (nSPS) is 21.4. The lowest BCUT2D eigenvalue weighted by atomic mass is 10.1. The minimum Gasteiger partial charge on any atom is -0.375 e. The molecule has 1 aromatic carbocycles. The SMILES string of the molecule is CCCS(=O)(=O)N1CCOC(Cc2ccccc2)C1. The highest BCUT2D eigenvalue weighted by Crippen LogP contribution is 2.15. The van der Waals surface area contributed by atoms with E-state index in [1.807, 2.05) is 37.3 Å².